The van der Waals surface area contributed by atoms with Crippen molar-refractivity contribution < 1.29 is 8.81 Å². The van der Waals surface area contributed by atoms with Gasteiger partial charge in [0.05, 0.1) is 5.39 Å². The van der Waals surface area contributed by atoms with E-state index < -0.39 is 0 Å². The van der Waals surface area contributed by atoms with E-state index in [-0.39, 0.29) is 11.7 Å². The van der Waals surface area contributed by atoms with Crippen LogP contribution in [0, 0.1) is 12.7 Å². The van der Waals surface area contributed by atoms with Crippen molar-refractivity contribution >= 4 is 22.5 Å². The molecule has 0 amide bonds. The highest BCUT2D eigenvalue weighted by molar-refractivity contribution is 6.09. The van der Waals surface area contributed by atoms with Crippen molar-refractivity contribution in [1.82, 2.24) is 9.97 Å². The Morgan fingerprint density at radius 3 is 2.48 bits per heavy atom. The van der Waals surface area contributed by atoms with Crippen molar-refractivity contribution in [1.29, 1.82) is 0 Å². The molecule has 4 rings (SSSR count). The standard InChI is InChI=1S/C19H15FN4O/c1-10-8-12(6-7-23-10)17-18-15(16(21)19(22)25-18)14(9-24-17)11-2-4-13(20)5-3-11/h2-9H,21-22H2,1H3. The molecule has 0 fully saturated rings. The van der Waals surface area contributed by atoms with Gasteiger partial charge in [-0.05, 0) is 36.8 Å². The molecule has 0 aliphatic rings. The molecule has 4 aromatic rings. The zero-order valence-electron chi connectivity index (χ0n) is 13.5. The number of nitrogen functional groups attached to an aromatic ring is 2. The van der Waals surface area contributed by atoms with Crippen LogP contribution in [0.4, 0.5) is 16.0 Å². The Bertz CT molecular complexity index is 1090. The summed E-state index contributed by atoms with van der Waals surface area (Å²) >= 11 is 0. The van der Waals surface area contributed by atoms with Crippen LogP contribution in [0.2, 0.25) is 0 Å². The van der Waals surface area contributed by atoms with E-state index in [0.717, 1.165) is 22.4 Å². The molecule has 4 N–H and O–H groups in total. The fourth-order valence-electron chi connectivity index (χ4n) is 2.89. The maximum Gasteiger partial charge on any atom is 0.215 e. The smallest absolute Gasteiger partial charge is 0.215 e. The minimum atomic E-state index is -0.309. The van der Waals surface area contributed by atoms with Crippen LogP contribution in [0.25, 0.3) is 33.4 Å². The first-order valence-electron chi connectivity index (χ1n) is 7.70. The molecular formula is C19H15FN4O. The van der Waals surface area contributed by atoms with Gasteiger partial charge in [0.2, 0.25) is 5.88 Å². The molecule has 0 bridgehead atoms. The average molecular weight is 334 g/mol. The number of furan rings is 1. The minimum absolute atomic E-state index is 0.137. The van der Waals surface area contributed by atoms with Crippen LogP contribution < -0.4 is 11.5 Å². The van der Waals surface area contributed by atoms with Crippen LogP contribution in [-0.4, -0.2) is 9.97 Å². The van der Waals surface area contributed by atoms with Crippen molar-refractivity contribution in [2.45, 2.75) is 6.92 Å². The van der Waals surface area contributed by atoms with Gasteiger partial charge in [0.1, 0.15) is 17.2 Å². The SMILES string of the molecule is Cc1cc(-c2ncc(-c3ccc(F)cc3)c3c(N)c(N)oc23)ccn1. The molecule has 1 aromatic carbocycles. The lowest BCUT2D eigenvalue weighted by atomic mass is 10.0. The second kappa shape index (κ2) is 5.59. The van der Waals surface area contributed by atoms with Gasteiger partial charge in [-0.3, -0.25) is 9.97 Å². The largest absolute Gasteiger partial charge is 0.436 e. The summed E-state index contributed by atoms with van der Waals surface area (Å²) in [5.74, 6) is -0.171. The predicted molar refractivity (Wildman–Crippen MR) is 96.2 cm³/mol. The lowest BCUT2D eigenvalue weighted by molar-refractivity contribution is 0.628. The maximum absolute atomic E-state index is 13.2. The van der Waals surface area contributed by atoms with Crippen LogP contribution >= 0.6 is 0 Å². The first kappa shape index (κ1) is 15.1. The van der Waals surface area contributed by atoms with Crippen LogP contribution in [0.1, 0.15) is 5.69 Å². The summed E-state index contributed by atoms with van der Waals surface area (Å²) in [4.78, 5) is 8.74. The van der Waals surface area contributed by atoms with Gasteiger partial charge in [-0.1, -0.05) is 12.1 Å². The van der Waals surface area contributed by atoms with Crippen LogP contribution in [0.3, 0.4) is 0 Å². The van der Waals surface area contributed by atoms with E-state index in [4.69, 9.17) is 15.9 Å². The number of pyridine rings is 2. The molecule has 0 saturated heterocycles. The van der Waals surface area contributed by atoms with Gasteiger partial charge in [0.15, 0.2) is 5.58 Å². The Kier molecular flexibility index (Phi) is 3.39. The van der Waals surface area contributed by atoms with E-state index in [9.17, 15) is 4.39 Å². The third kappa shape index (κ3) is 2.48. The first-order valence-corrected chi connectivity index (χ1v) is 7.70. The monoisotopic (exact) mass is 334 g/mol. The molecule has 0 atom stereocenters. The highest BCUT2D eigenvalue weighted by Crippen LogP contribution is 2.41. The van der Waals surface area contributed by atoms with E-state index in [1.807, 2.05) is 19.1 Å². The summed E-state index contributed by atoms with van der Waals surface area (Å²) in [7, 11) is 0. The lowest BCUT2D eigenvalue weighted by Crippen LogP contribution is -1.93. The molecule has 0 unspecified atom stereocenters. The maximum atomic E-state index is 13.2. The van der Waals surface area contributed by atoms with Crippen molar-refractivity contribution in [2.24, 2.45) is 0 Å². The minimum Gasteiger partial charge on any atom is -0.436 e. The molecule has 124 valence electrons. The molecule has 3 heterocycles. The molecule has 5 nitrogen and oxygen atoms in total. The van der Waals surface area contributed by atoms with E-state index >= 15 is 0 Å². The highest BCUT2D eigenvalue weighted by Gasteiger charge is 2.19. The van der Waals surface area contributed by atoms with Gasteiger partial charge in [-0.25, -0.2) is 4.39 Å². The number of rotatable bonds is 2. The number of halogens is 1. The molecule has 0 aliphatic heterocycles. The van der Waals surface area contributed by atoms with Crippen molar-refractivity contribution in [3.63, 3.8) is 0 Å². The third-order valence-corrected chi connectivity index (χ3v) is 4.11. The summed E-state index contributed by atoms with van der Waals surface area (Å²) in [5, 5.41) is 0.670. The zero-order chi connectivity index (χ0) is 17.6. The molecule has 3 aromatic heterocycles. The Morgan fingerprint density at radius 2 is 1.76 bits per heavy atom. The van der Waals surface area contributed by atoms with E-state index in [0.29, 0.717) is 22.4 Å². The Morgan fingerprint density at radius 1 is 1.00 bits per heavy atom. The van der Waals surface area contributed by atoms with E-state index in [1.165, 1.54) is 12.1 Å². The van der Waals surface area contributed by atoms with Crippen LogP contribution in [0.15, 0.2) is 53.2 Å². The van der Waals surface area contributed by atoms with Crippen molar-refractivity contribution in [3.05, 3.63) is 60.3 Å². The molecular weight excluding hydrogens is 319 g/mol. The third-order valence-electron chi connectivity index (χ3n) is 4.11. The quantitative estimate of drug-likeness (QED) is 0.574. The summed E-state index contributed by atoms with van der Waals surface area (Å²) in [5.41, 5.74) is 16.8. The Labute approximate surface area is 143 Å². The number of nitrogens with zero attached hydrogens (tertiary/aromatic N) is 2. The van der Waals surface area contributed by atoms with Gasteiger partial charge < -0.3 is 15.9 Å². The van der Waals surface area contributed by atoms with Crippen LogP contribution in [-0.2, 0) is 0 Å². The number of hydrogen-bond donors (Lipinski definition) is 2. The average Bonchev–Trinajstić information content (AvgIpc) is 2.90. The van der Waals surface area contributed by atoms with E-state index in [2.05, 4.69) is 9.97 Å². The van der Waals surface area contributed by atoms with Crippen molar-refractivity contribution in [3.8, 4) is 22.4 Å². The predicted octanol–water partition coefficient (Wildman–Crippen LogP) is 4.17. The lowest BCUT2D eigenvalue weighted by Gasteiger charge is -2.08. The number of hydrogen-bond acceptors (Lipinski definition) is 5. The number of aryl methyl sites for hydroxylation is 1. The summed E-state index contributed by atoms with van der Waals surface area (Å²) in [6.07, 6.45) is 3.41. The summed E-state index contributed by atoms with van der Waals surface area (Å²) in [6.45, 7) is 1.90. The molecule has 0 radical (unpaired) electrons. The summed E-state index contributed by atoms with van der Waals surface area (Å²) < 4.78 is 18.9. The number of nitrogens with two attached hydrogens (primary N) is 2. The molecule has 6 heteroatoms. The molecule has 0 spiro atoms. The Balaban J connectivity index is 2.02. The van der Waals surface area contributed by atoms with Gasteiger partial charge in [-0.2, -0.15) is 0 Å². The number of benzene rings is 1. The summed E-state index contributed by atoms with van der Waals surface area (Å²) in [6, 6.07) is 9.88. The van der Waals surface area contributed by atoms with Gasteiger partial charge in [0, 0.05) is 29.2 Å². The molecule has 0 saturated carbocycles. The van der Waals surface area contributed by atoms with Gasteiger partial charge >= 0.3 is 0 Å². The second-order valence-electron chi connectivity index (χ2n) is 5.80. The second-order valence-corrected chi connectivity index (χ2v) is 5.80. The molecule has 25 heavy (non-hydrogen) atoms. The fourth-order valence-corrected chi connectivity index (χ4v) is 2.89. The zero-order valence-corrected chi connectivity index (χ0v) is 13.5. The van der Waals surface area contributed by atoms with Gasteiger partial charge in [-0.15, -0.1) is 0 Å². The highest BCUT2D eigenvalue weighted by atomic mass is 19.1. The normalized spacial score (nSPS) is 11.1. The van der Waals surface area contributed by atoms with Crippen LogP contribution in [0.5, 0.6) is 0 Å². The fraction of sp³-hybridized carbons (Fsp3) is 0.0526. The number of aromatic nitrogens is 2. The first-order chi connectivity index (χ1) is 12.0. The topological polar surface area (TPSA) is 91.0 Å². The number of fused-ring (bicyclic) bond motifs is 1. The molecule has 0 aliphatic carbocycles. The van der Waals surface area contributed by atoms with Crippen molar-refractivity contribution in [2.75, 3.05) is 11.5 Å². The van der Waals surface area contributed by atoms with E-state index in [1.54, 1.807) is 24.5 Å². The number of anilines is 2. The van der Waals surface area contributed by atoms with Gasteiger partial charge in [0.25, 0.3) is 0 Å². The Hall–Kier alpha value is -3.41.